The molecule has 3 rings (SSSR count). The van der Waals surface area contributed by atoms with Crippen molar-refractivity contribution in [3.8, 4) is 0 Å². The Morgan fingerprint density at radius 3 is 3.00 bits per heavy atom. The highest BCUT2D eigenvalue weighted by molar-refractivity contribution is 7.16. The third kappa shape index (κ3) is 1.74. The second-order valence-electron chi connectivity index (χ2n) is 4.38. The lowest BCUT2D eigenvalue weighted by molar-refractivity contribution is -0.382. The Labute approximate surface area is 102 Å². The number of hydrogen-bond acceptors (Lipinski definition) is 5. The number of nitrogens with one attached hydrogen (secondary N) is 1. The monoisotopic (exact) mass is 249 g/mol. The van der Waals surface area contributed by atoms with Gasteiger partial charge in [-0.1, -0.05) is 6.92 Å². The molecule has 2 atom stereocenters. The van der Waals surface area contributed by atoms with Crippen molar-refractivity contribution in [1.29, 1.82) is 0 Å². The Morgan fingerprint density at radius 1 is 1.59 bits per heavy atom. The molecule has 1 aliphatic carbocycles. The van der Waals surface area contributed by atoms with Crippen molar-refractivity contribution in [1.82, 2.24) is 4.98 Å². The van der Waals surface area contributed by atoms with Crippen LogP contribution in [0.4, 0.5) is 11.4 Å². The minimum absolute atomic E-state index is 0.0999. The fourth-order valence-corrected chi connectivity index (χ4v) is 2.62. The van der Waals surface area contributed by atoms with Crippen LogP contribution in [0.15, 0.2) is 17.6 Å². The maximum absolute atomic E-state index is 11.1. The lowest BCUT2D eigenvalue weighted by Crippen LogP contribution is -2.06. The van der Waals surface area contributed by atoms with Crippen LogP contribution < -0.4 is 5.32 Å². The molecular formula is C11H11N3O2S. The second kappa shape index (κ2) is 3.66. The van der Waals surface area contributed by atoms with Gasteiger partial charge < -0.3 is 5.32 Å². The maximum Gasteiger partial charge on any atom is 0.319 e. The second-order valence-corrected chi connectivity index (χ2v) is 5.27. The molecule has 2 aromatic rings. The lowest BCUT2D eigenvalue weighted by atomic mass is 10.2. The van der Waals surface area contributed by atoms with Gasteiger partial charge in [-0.05, 0) is 24.5 Å². The van der Waals surface area contributed by atoms with Crippen LogP contribution in [0.1, 0.15) is 13.3 Å². The summed E-state index contributed by atoms with van der Waals surface area (Å²) in [5.41, 5.74) is 2.81. The molecule has 0 amide bonds. The summed E-state index contributed by atoms with van der Waals surface area (Å²) in [6, 6.07) is 4.03. The average Bonchev–Trinajstić information content (AvgIpc) is 2.79. The van der Waals surface area contributed by atoms with E-state index in [9.17, 15) is 10.1 Å². The summed E-state index contributed by atoms with van der Waals surface area (Å²) in [6.45, 7) is 2.13. The molecule has 0 bridgehead atoms. The van der Waals surface area contributed by atoms with Crippen LogP contribution in [0.2, 0.25) is 0 Å². The zero-order chi connectivity index (χ0) is 12.0. The number of anilines is 1. The van der Waals surface area contributed by atoms with Gasteiger partial charge in [0.25, 0.3) is 0 Å². The van der Waals surface area contributed by atoms with E-state index in [0.29, 0.717) is 23.2 Å². The third-order valence-corrected chi connectivity index (χ3v) is 3.90. The molecule has 5 nitrogen and oxygen atoms in total. The molecule has 1 saturated carbocycles. The minimum atomic E-state index is -0.350. The fraction of sp³-hybridized carbons (Fsp3) is 0.364. The number of thiazole rings is 1. The van der Waals surface area contributed by atoms with Crippen LogP contribution in [-0.4, -0.2) is 15.9 Å². The standard InChI is InChI=1S/C11H11N3O2S/c1-6-4-8(6)13-7-2-3-9-10(12-5-17-9)11(7)14(15)16/h2-3,5-6,8,13H,4H2,1H3. The number of nitro groups is 1. The zero-order valence-corrected chi connectivity index (χ0v) is 10.0. The van der Waals surface area contributed by atoms with Crippen molar-refractivity contribution >= 4 is 32.9 Å². The molecule has 1 heterocycles. The number of fused-ring (bicyclic) bond motifs is 1. The molecule has 1 aromatic carbocycles. The largest absolute Gasteiger partial charge is 0.376 e. The summed E-state index contributed by atoms with van der Waals surface area (Å²) in [5.74, 6) is 0.598. The first-order chi connectivity index (χ1) is 8.16. The van der Waals surface area contributed by atoms with E-state index in [1.54, 1.807) is 11.6 Å². The molecule has 0 spiro atoms. The lowest BCUT2D eigenvalue weighted by Gasteiger charge is -2.06. The number of rotatable bonds is 3. The van der Waals surface area contributed by atoms with Gasteiger partial charge >= 0.3 is 5.69 Å². The Bertz CT molecular complexity index is 595. The first kappa shape index (κ1) is 10.5. The highest BCUT2D eigenvalue weighted by Gasteiger charge is 2.34. The molecule has 6 heteroatoms. The SMILES string of the molecule is CC1CC1Nc1ccc2scnc2c1[N+](=O)[O-]. The topological polar surface area (TPSA) is 68.1 Å². The normalized spacial score (nSPS) is 22.6. The van der Waals surface area contributed by atoms with E-state index in [0.717, 1.165) is 11.1 Å². The number of benzene rings is 1. The van der Waals surface area contributed by atoms with Gasteiger partial charge in [-0.2, -0.15) is 0 Å². The minimum Gasteiger partial charge on any atom is -0.376 e. The predicted molar refractivity (Wildman–Crippen MR) is 67.5 cm³/mol. The van der Waals surface area contributed by atoms with E-state index < -0.39 is 0 Å². The summed E-state index contributed by atoms with van der Waals surface area (Å²) < 4.78 is 0.853. The first-order valence-electron chi connectivity index (χ1n) is 5.44. The fourth-order valence-electron chi connectivity index (χ4n) is 1.94. The van der Waals surface area contributed by atoms with Crippen LogP contribution in [0.5, 0.6) is 0 Å². The highest BCUT2D eigenvalue weighted by atomic mass is 32.1. The summed E-state index contributed by atoms with van der Waals surface area (Å²) in [5, 5.41) is 14.4. The summed E-state index contributed by atoms with van der Waals surface area (Å²) in [4.78, 5) is 14.9. The molecule has 0 aliphatic heterocycles. The van der Waals surface area contributed by atoms with Crippen molar-refractivity contribution in [2.45, 2.75) is 19.4 Å². The van der Waals surface area contributed by atoms with Gasteiger partial charge in [-0.15, -0.1) is 11.3 Å². The number of nitro benzene ring substituents is 1. The molecule has 1 aromatic heterocycles. The van der Waals surface area contributed by atoms with Crippen LogP contribution >= 0.6 is 11.3 Å². The molecule has 88 valence electrons. The van der Waals surface area contributed by atoms with Crippen LogP contribution in [0.25, 0.3) is 10.2 Å². The molecule has 2 unspecified atom stereocenters. The summed E-state index contributed by atoms with van der Waals surface area (Å²) in [7, 11) is 0. The quantitative estimate of drug-likeness (QED) is 0.670. The Hall–Kier alpha value is -1.69. The number of hydrogen-bond donors (Lipinski definition) is 1. The van der Waals surface area contributed by atoms with Gasteiger partial charge in [0.05, 0.1) is 15.1 Å². The zero-order valence-electron chi connectivity index (χ0n) is 9.21. The van der Waals surface area contributed by atoms with Gasteiger partial charge in [0.15, 0.2) is 5.52 Å². The van der Waals surface area contributed by atoms with Crippen molar-refractivity contribution in [3.63, 3.8) is 0 Å². The van der Waals surface area contributed by atoms with E-state index in [1.165, 1.54) is 11.3 Å². The Morgan fingerprint density at radius 2 is 2.35 bits per heavy atom. The predicted octanol–water partition coefficient (Wildman–Crippen LogP) is 3.02. The highest BCUT2D eigenvalue weighted by Crippen LogP contribution is 2.39. The summed E-state index contributed by atoms with van der Waals surface area (Å²) in [6.07, 6.45) is 1.08. The third-order valence-electron chi connectivity index (χ3n) is 3.11. The molecular weight excluding hydrogens is 238 g/mol. The van der Waals surface area contributed by atoms with Gasteiger partial charge in [0.1, 0.15) is 5.69 Å². The van der Waals surface area contributed by atoms with Crippen molar-refractivity contribution < 1.29 is 4.92 Å². The average molecular weight is 249 g/mol. The first-order valence-corrected chi connectivity index (χ1v) is 6.32. The summed E-state index contributed by atoms with van der Waals surface area (Å²) >= 11 is 1.42. The van der Waals surface area contributed by atoms with Crippen molar-refractivity contribution in [2.75, 3.05) is 5.32 Å². The van der Waals surface area contributed by atoms with Crippen LogP contribution in [0.3, 0.4) is 0 Å². The van der Waals surface area contributed by atoms with Gasteiger partial charge in [0.2, 0.25) is 0 Å². The maximum atomic E-state index is 11.1. The van der Waals surface area contributed by atoms with E-state index in [-0.39, 0.29) is 10.6 Å². The van der Waals surface area contributed by atoms with Gasteiger partial charge in [-0.3, -0.25) is 10.1 Å². The van der Waals surface area contributed by atoms with E-state index in [1.807, 2.05) is 6.07 Å². The molecule has 1 fully saturated rings. The smallest absolute Gasteiger partial charge is 0.319 e. The van der Waals surface area contributed by atoms with E-state index >= 15 is 0 Å². The van der Waals surface area contributed by atoms with Crippen molar-refractivity contribution in [2.24, 2.45) is 5.92 Å². The number of nitrogens with zero attached hydrogens (tertiary/aromatic N) is 2. The van der Waals surface area contributed by atoms with Crippen molar-refractivity contribution in [3.05, 3.63) is 27.8 Å². The van der Waals surface area contributed by atoms with Crippen LogP contribution in [-0.2, 0) is 0 Å². The van der Waals surface area contributed by atoms with E-state index in [4.69, 9.17) is 0 Å². The molecule has 1 aliphatic rings. The van der Waals surface area contributed by atoms with Gasteiger partial charge in [-0.25, -0.2) is 4.98 Å². The Balaban J connectivity index is 2.09. The number of aromatic nitrogens is 1. The Kier molecular flexibility index (Phi) is 2.25. The van der Waals surface area contributed by atoms with E-state index in [2.05, 4.69) is 17.2 Å². The molecule has 17 heavy (non-hydrogen) atoms. The van der Waals surface area contributed by atoms with Crippen LogP contribution in [0, 0.1) is 16.0 Å². The molecule has 1 N–H and O–H groups in total. The van der Waals surface area contributed by atoms with Gasteiger partial charge in [0, 0.05) is 6.04 Å². The molecule has 0 radical (unpaired) electrons. The molecule has 0 saturated heterocycles.